The number of ether oxygens (including phenoxy) is 2. The van der Waals surface area contributed by atoms with Crippen LogP contribution < -0.4 is 0 Å². The summed E-state index contributed by atoms with van der Waals surface area (Å²) in [5, 5.41) is 10.5. The van der Waals surface area contributed by atoms with E-state index in [2.05, 4.69) is 0 Å². The van der Waals surface area contributed by atoms with Gasteiger partial charge in [0.25, 0.3) is 0 Å². The largest absolute Gasteiger partial charge is 0.465 e. The average Bonchev–Trinajstić information content (AvgIpc) is 3.04. The van der Waals surface area contributed by atoms with Crippen molar-refractivity contribution in [2.24, 2.45) is 0 Å². The zero-order valence-electron chi connectivity index (χ0n) is 17.6. The Labute approximate surface area is 183 Å². The number of esters is 1. The first-order chi connectivity index (χ1) is 14.9. The van der Waals surface area contributed by atoms with E-state index in [-0.39, 0.29) is 12.5 Å². The Morgan fingerprint density at radius 1 is 1.10 bits per heavy atom. The van der Waals surface area contributed by atoms with Crippen molar-refractivity contribution in [3.05, 3.63) is 71.3 Å². The van der Waals surface area contributed by atoms with E-state index in [0.717, 1.165) is 12.0 Å². The summed E-state index contributed by atoms with van der Waals surface area (Å²) >= 11 is 0. The van der Waals surface area contributed by atoms with Gasteiger partial charge >= 0.3 is 5.97 Å². The van der Waals surface area contributed by atoms with Crippen LogP contribution in [-0.4, -0.2) is 55.5 Å². The van der Waals surface area contributed by atoms with Gasteiger partial charge in [0.1, 0.15) is 0 Å². The fourth-order valence-corrected chi connectivity index (χ4v) is 5.16. The maximum atomic E-state index is 12.9. The number of aliphatic hydroxyl groups is 1. The fraction of sp³-hybridized carbons (Fsp3) is 0.435. The number of methoxy groups -OCH3 is 1. The van der Waals surface area contributed by atoms with Crippen molar-refractivity contribution in [3.8, 4) is 0 Å². The van der Waals surface area contributed by atoms with Crippen LogP contribution in [0.5, 0.6) is 0 Å². The van der Waals surface area contributed by atoms with Crippen LogP contribution >= 0.6 is 0 Å². The first kappa shape index (κ1) is 23.4. The van der Waals surface area contributed by atoms with Crippen LogP contribution in [0.4, 0.5) is 0 Å². The normalized spacial score (nSPS) is 18.8. The summed E-state index contributed by atoms with van der Waals surface area (Å²) < 4.78 is 37.9. The number of carbonyl (C=O) groups excluding carboxylic acids is 1. The van der Waals surface area contributed by atoms with E-state index in [1.165, 1.54) is 11.4 Å². The second kappa shape index (κ2) is 10.9. The highest BCUT2D eigenvalue weighted by atomic mass is 32.2. The minimum absolute atomic E-state index is 0.0192. The van der Waals surface area contributed by atoms with Gasteiger partial charge in [-0.2, -0.15) is 4.31 Å². The number of aliphatic hydroxyl groups excluding tert-OH is 1. The minimum atomic E-state index is -3.90. The third-order valence-electron chi connectivity index (χ3n) is 5.42. The Morgan fingerprint density at radius 3 is 2.58 bits per heavy atom. The van der Waals surface area contributed by atoms with Gasteiger partial charge in [0, 0.05) is 19.5 Å². The summed E-state index contributed by atoms with van der Waals surface area (Å²) in [6, 6.07) is 16.3. The van der Waals surface area contributed by atoms with E-state index in [4.69, 9.17) is 9.47 Å². The van der Waals surface area contributed by atoms with Gasteiger partial charge in [-0.15, -0.1) is 0 Å². The molecule has 0 radical (unpaired) electrons. The second-order valence-electron chi connectivity index (χ2n) is 7.64. The molecule has 0 aromatic heterocycles. The summed E-state index contributed by atoms with van der Waals surface area (Å²) in [5.41, 5.74) is 0.374. The fourth-order valence-electron chi connectivity index (χ4n) is 3.67. The lowest BCUT2D eigenvalue weighted by molar-refractivity contribution is 0.0322. The highest BCUT2D eigenvalue weighted by molar-refractivity contribution is 7.89. The molecule has 1 heterocycles. The van der Waals surface area contributed by atoms with Crippen LogP contribution in [-0.2, 0) is 32.5 Å². The molecule has 2 aromatic carbocycles. The predicted octanol–water partition coefficient (Wildman–Crippen LogP) is 2.74. The van der Waals surface area contributed by atoms with Gasteiger partial charge in [-0.1, -0.05) is 42.5 Å². The first-order valence-electron chi connectivity index (χ1n) is 10.4. The Morgan fingerprint density at radius 2 is 1.84 bits per heavy atom. The lowest BCUT2D eigenvalue weighted by Gasteiger charge is -2.24. The number of hydrogen-bond acceptors (Lipinski definition) is 6. The molecule has 8 heteroatoms. The Hall–Kier alpha value is -2.26. The van der Waals surface area contributed by atoms with Gasteiger partial charge in [0.2, 0.25) is 10.0 Å². The molecule has 2 unspecified atom stereocenters. The molecule has 1 saturated heterocycles. The highest BCUT2D eigenvalue weighted by Crippen LogP contribution is 2.21. The molecule has 1 N–H and O–H groups in total. The number of rotatable bonds is 8. The van der Waals surface area contributed by atoms with Crippen LogP contribution in [0.2, 0.25) is 0 Å². The number of nitrogens with zero attached hydrogens (tertiary/aromatic N) is 1. The third-order valence-corrected chi connectivity index (χ3v) is 7.36. The average molecular weight is 448 g/mol. The second-order valence-corrected chi connectivity index (χ2v) is 9.73. The minimum Gasteiger partial charge on any atom is -0.465 e. The van der Waals surface area contributed by atoms with Crippen LogP contribution in [0.25, 0.3) is 0 Å². The van der Waals surface area contributed by atoms with Crippen molar-refractivity contribution in [1.29, 1.82) is 0 Å². The van der Waals surface area contributed by atoms with Crippen molar-refractivity contribution >= 4 is 16.0 Å². The third kappa shape index (κ3) is 6.36. The monoisotopic (exact) mass is 447 g/mol. The summed E-state index contributed by atoms with van der Waals surface area (Å²) in [6.45, 7) is 1.16. The molecule has 0 amide bonds. The molecule has 0 aliphatic carbocycles. The summed E-state index contributed by atoms with van der Waals surface area (Å²) in [4.78, 5) is 11.7. The molecule has 2 aromatic rings. The van der Waals surface area contributed by atoms with Gasteiger partial charge in [-0.05, 0) is 42.5 Å². The molecule has 3 rings (SSSR count). The highest BCUT2D eigenvalue weighted by Gasteiger charge is 2.32. The van der Waals surface area contributed by atoms with Crippen LogP contribution in [0.3, 0.4) is 0 Å². The smallest absolute Gasteiger partial charge is 0.337 e. The van der Waals surface area contributed by atoms with Gasteiger partial charge < -0.3 is 14.6 Å². The number of hydrogen-bond donors (Lipinski definition) is 1. The molecule has 0 spiro atoms. The van der Waals surface area contributed by atoms with Crippen molar-refractivity contribution in [1.82, 2.24) is 4.31 Å². The maximum absolute atomic E-state index is 12.9. The molecule has 1 aliphatic rings. The van der Waals surface area contributed by atoms with E-state index in [9.17, 15) is 18.3 Å². The van der Waals surface area contributed by atoms with Crippen molar-refractivity contribution in [2.75, 3.05) is 20.2 Å². The van der Waals surface area contributed by atoms with E-state index in [0.29, 0.717) is 43.7 Å². The van der Waals surface area contributed by atoms with E-state index >= 15 is 0 Å². The summed E-state index contributed by atoms with van der Waals surface area (Å²) in [6.07, 6.45) is 1.90. The Balaban J connectivity index is 1.57. The molecule has 7 nitrogen and oxygen atoms in total. The van der Waals surface area contributed by atoms with Crippen LogP contribution in [0.1, 0.15) is 40.7 Å². The Kier molecular flexibility index (Phi) is 8.20. The van der Waals surface area contributed by atoms with Gasteiger partial charge in [-0.25, -0.2) is 13.2 Å². The SMILES string of the molecule is COC(=O)c1cccc(CC(O)S(=O)(=O)N2CCCC(OCc3ccccc3)CC2)c1. The van der Waals surface area contributed by atoms with Crippen molar-refractivity contribution in [2.45, 2.75) is 43.8 Å². The molecular weight excluding hydrogens is 418 g/mol. The summed E-state index contributed by atoms with van der Waals surface area (Å²) in [5.74, 6) is -0.506. The quantitative estimate of drug-likeness (QED) is 0.626. The lowest BCUT2D eigenvalue weighted by Crippen LogP contribution is -2.40. The molecule has 2 atom stereocenters. The van der Waals surface area contributed by atoms with Gasteiger partial charge in [0.05, 0.1) is 25.4 Å². The van der Waals surface area contributed by atoms with Crippen molar-refractivity contribution < 1.29 is 27.8 Å². The lowest BCUT2D eigenvalue weighted by atomic mass is 10.1. The molecule has 0 saturated carbocycles. The topological polar surface area (TPSA) is 93.1 Å². The number of sulfonamides is 1. The maximum Gasteiger partial charge on any atom is 0.337 e. The zero-order chi connectivity index (χ0) is 22.3. The van der Waals surface area contributed by atoms with Gasteiger partial charge in [-0.3, -0.25) is 0 Å². The molecular formula is C23H29NO6S. The van der Waals surface area contributed by atoms with Gasteiger partial charge in [0.15, 0.2) is 5.44 Å². The van der Waals surface area contributed by atoms with E-state index in [1.807, 2.05) is 30.3 Å². The standard InChI is InChI=1S/C23H29NO6S/c1-29-23(26)20-10-5-9-19(15-20)16-22(25)31(27,28)24-13-6-11-21(12-14-24)30-17-18-7-3-2-4-8-18/h2-5,7-10,15,21-22,25H,6,11-14,16-17H2,1H3. The molecule has 0 bridgehead atoms. The number of carbonyl (C=O) groups is 1. The molecule has 1 aliphatic heterocycles. The predicted molar refractivity (Wildman–Crippen MR) is 117 cm³/mol. The number of benzene rings is 2. The Bertz CT molecular complexity index is 963. The molecule has 168 valence electrons. The van der Waals surface area contributed by atoms with E-state index < -0.39 is 21.4 Å². The zero-order valence-corrected chi connectivity index (χ0v) is 18.5. The van der Waals surface area contributed by atoms with Crippen LogP contribution in [0, 0.1) is 0 Å². The molecule has 31 heavy (non-hydrogen) atoms. The van der Waals surface area contributed by atoms with E-state index in [1.54, 1.807) is 24.3 Å². The first-order valence-corrected chi connectivity index (χ1v) is 11.9. The molecule has 1 fully saturated rings. The van der Waals surface area contributed by atoms with Crippen molar-refractivity contribution in [3.63, 3.8) is 0 Å². The summed E-state index contributed by atoms with van der Waals surface area (Å²) in [7, 11) is -2.61. The van der Waals surface area contributed by atoms with Crippen LogP contribution in [0.15, 0.2) is 54.6 Å².